The zero-order valence-corrected chi connectivity index (χ0v) is 19.9. The third-order valence-corrected chi connectivity index (χ3v) is 3.92. The Kier molecular flexibility index (Phi) is 46.3. The van der Waals surface area contributed by atoms with E-state index in [4.69, 9.17) is 0 Å². The minimum Gasteiger partial charge on any atom is -1.00 e. The van der Waals surface area contributed by atoms with Crippen LogP contribution in [0.3, 0.4) is 0 Å². The molecule has 0 aliphatic carbocycles. The molecule has 0 saturated heterocycles. The first-order valence-corrected chi connectivity index (χ1v) is 8.83. The molecule has 5 heteroatoms. The summed E-state index contributed by atoms with van der Waals surface area (Å²) in [5.74, 6) is 0. The van der Waals surface area contributed by atoms with Crippen LogP contribution in [0.15, 0.2) is 4.99 Å². The quantitative estimate of drug-likeness (QED) is 0.519. The van der Waals surface area contributed by atoms with E-state index in [1.807, 2.05) is 21.1 Å². The topological polar surface area (TPSA) is 36.4 Å². The van der Waals surface area contributed by atoms with Crippen molar-refractivity contribution in [3.63, 3.8) is 0 Å². The molecule has 3 nitrogen and oxygen atoms in total. The van der Waals surface area contributed by atoms with Crippen molar-refractivity contribution in [3.05, 3.63) is 0 Å². The Morgan fingerprint density at radius 1 is 0.783 bits per heavy atom. The van der Waals surface area contributed by atoms with E-state index in [1.165, 1.54) is 31.4 Å². The third-order valence-electron chi connectivity index (χ3n) is 3.92. The van der Waals surface area contributed by atoms with Crippen molar-refractivity contribution < 1.29 is 31.0 Å². The number of nitrogens with one attached hydrogen (secondary N) is 2. The first-order valence-electron chi connectivity index (χ1n) is 8.83. The zero-order valence-electron chi connectivity index (χ0n) is 18.9. The molecule has 0 aromatic heterocycles. The Morgan fingerprint density at radius 2 is 1.04 bits per heavy atom. The fourth-order valence-corrected chi connectivity index (χ4v) is 1.96. The van der Waals surface area contributed by atoms with Gasteiger partial charge in [-0.15, -0.1) is 0 Å². The van der Waals surface area contributed by atoms with Gasteiger partial charge in [-0.3, -0.25) is 4.99 Å². The summed E-state index contributed by atoms with van der Waals surface area (Å²) in [6.07, 6.45) is 7.18. The summed E-state index contributed by atoms with van der Waals surface area (Å²) in [6, 6.07) is 1.47. The molecule has 0 saturated carbocycles. The van der Waals surface area contributed by atoms with Crippen molar-refractivity contribution >= 4 is 14.1 Å². The Balaban J connectivity index is -0.0000000476. The first kappa shape index (κ1) is 34.9. The van der Waals surface area contributed by atoms with Crippen LogP contribution in [-0.2, 0) is 0 Å². The van der Waals surface area contributed by atoms with Crippen molar-refractivity contribution in [2.75, 3.05) is 21.1 Å². The van der Waals surface area contributed by atoms with Gasteiger partial charge in [-0.25, -0.2) is 0 Å². The van der Waals surface area contributed by atoms with Crippen LogP contribution in [0.4, 0.5) is 0 Å². The molecule has 0 aliphatic rings. The number of aliphatic imine (C=N–C) groups is 1. The summed E-state index contributed by atoms with van der Waals surface area (Å²) in [6.45, 7) is 13.1. The number of nitrogens with zero attached hydrogens (tertiary/aromatic N) is 1. The maximum atomic E-state index is 4.04. The van der Waals surface area contributed by atoms with Crippen molar-refractivity contribution in [1.29, 1.82) is 0 Å². The average Bonchev–Trinajstić information content (AvgIpc) is 2.54. The molecule has 0 aromatic rings. The van der Waals surface area contributed by atoms with E-state index in [0.29, 0.717) is 0 Å². The van der Waals surface area contributed by atoms with Crippen LogP contribution >= 0.6 is 0 Å². The van der Waals surface area contributed by atoms with Crippen LogP contribution in [0.25, 0.3) is 0 Å². The Morgan fingerprint density at radius 3 is 1.04 bits per heavy atom. The van der Waals surface area contributed by atoms with E-state index in [1.54, 1.807) is 0 Å². The van der Waals surface area contributed by atoms with Gasteiger partial charge in [0, 0.05) is 33.3 Å². The standard InChI is InChI=1S/2C6H15N.C6H13N.B.Na.H/c3*1-4-6(5-2)7-3;;;/h2*6-7H,4-5H2,1-3H3;4-5H2,1-3H3;;;/q;;;;+1;-1. The molecule has 3 radical (unpaired) electrons. The van der Waals surface area contributed by atoms with Gasteiger partial charge in [-0.2, -0.15) is 0 Å². The van der Waals surface area contributed by atoms with Crippen molar-refractivity contribution in [2.45, 2.75) is 92.2 Å². The normalized spacial score (nSPS) is 8.83. The minimum absolute atomic E-state index is 0. The van der Waals surface area contributed by atoms with Crippen molar-refractivity contribution in [2.24, 2.45) is 4.99 Å². The van der Waals surface area contributed by atoms with Crippen LogP contribution in [0.5, 0.6) is 0 Å². The molecule has 0 aliphatic heterocycles. The van der Waals surface area contributed by atoms with Crippen molar-refractivity contribution in [1.82, 2.24) is 10.6 Å². The Hall–Kier alpha value is 0.655. The van der Waals surface area contributed by atoms with Gasteiger partial charge in [-0.1, -0.05) is 41.5 Å². The maximum absolute atomic E-state index is 4.04. The molecular weight excluding hydrogens is 292 g/mol. The van der Waals surface area contributed by atoms with Gasteiger partial charge in [0.15, 0.2) is 0 Å². The molecule has 0 fully saturated rings. The molecule has 0 rings (SSSR count). The van der Waals surface area contributed by atoms with Crippen LogP contribution in [0.1, 0.15) is 81.5 Å². The predicted octanol–water partition coefficient (Wildman–Crippen LogP) is 1.40. The maximum Gasteiger partial charge on any atom is 1.00 e. The minimum atomic E-state index is 0. The summed E-state index contributed by atoms with van der Waals surface area (Å²) in [7, 11) is 5.87. The second-order valence-corrected chi connectivity index (χ2v) is 5.10. The summed E-state index contributed by atoms with van der Waals surface area (Å²) < 4.78 is 0. The van der Waals surface area contributed by atoms with Crippen LogP contribution in [0, 0.1) is 0 Å². The molecule has 2 N–H and O–H groups in total. The van der Waals surface area contributed by atoms with Gasteiger partial charge < -0.3 is 12.1 Å². The SMILES string of the molecule is CCC(CC)=NC.CCC(CC)NC.CCC(CC)NC.[B].[H-].[Na+]. The third kappa shape index (κ3) is 27.8. The van der Waals surface area contributed by atoms with E-state index < -0.39 is 0 Å². The van der Waals surface area contributed by atoms with Crippen LogP contribution in [-0.4, -0.2) is 47.4 Å². The summed E-state index contributed by atoms with van der Waals surface area (Å²) in [5, 5.41) is 6.40. The molecule has 0 atom stereocenters. The molecule has 0 aromatic carbocycles. The molecule has 0 unspecified atom stereocenters. The predicted molar refractivity (Wildman–Crippen MR) is 108 cm³/mol. The van der Waals surface area contributed by atoms with Gasteiger partial charge >= 0.3 is 29.6 Å². The zero-order chi connectivity index (χ0) is 17.1. The second-order valence-electron chi connectivity index (χ2n) is 5.10. The van der Waals surface area contributed by atoms with Crippen LogP contribution < -0.4 is 40.2 Å². The van der Waals surface area contributed by atoms with E-state index in [0.717, 1.165) is 24.9 Å². The van der Waals surface area contributed by atoms with E-state index >= 15 is 0 Å². The van der Waals surface area contributed by atoms with Crippen LogP contribution in [0.2, 0.25) is 0 Å². The van der Waals surface area contributed by atoms with E-state index in [2.05, 4.69) is 57.2 Å². The molecule has 0 amide bonds. The molecule has 135 valence electrons. The molecule has 23 heavy (non-hydrogen) atoms. The average molecular weight is 336 g/mol. The summed E-state index contributed by atoms with van der Waals surface area (Å²) in [4.78, 5) is 4.04. The number of rotatable bonds is 8. The fraction of sp³-hybridized carbons (Fsp3) is 0.944. The summed E-state index contributed by atoms with van der Waals surface area (Å²) in [5.41, 5.74) is 1.31. The van der Waals surface area contributed by atoms with Gasteiger partial charge in [0.2, 0.25) is 0 Å². The van der Waals surface area contributed by atoms with E-state index in [-0.39, 0.29) is 39.4 Å². The monoisotopic (exact) mass is 336 g/mol. The van der Waals surface area contributed by atoms with Crippen molar-refractivity contribution in [3.8, 4) is 0 Å². The van der Waals surface area contributed by atoms with Gasteiger partial charge in [0.1, 0.15) is 0 Å². The molecule has 0 bridgehead atoms. The first-order chi connectivity index (χ1) is 10.0. The molecule has 0 spiro atoms. The number of hydrogen-bond donors (Lipinski definition) is 2. The van der Waals surface area contributed by atoms with Gasteiger partial charge in [0.05, 0.1) is 0 Å². The van der Waals surface area contributed by atoms with E-state index in [9.17, 15) is 0 Å². The second kappa shape index (κ2) is 30.5. The number of hydrogen-bond acceptors (Lipinski definition) is 3. The fourth-order valence-electron chi connectivity index (χ4n) is 1.96. The Labute approximate surface area is 173 Å². The summed E-state index contributed by atoms with van der Waals surface area (Å²) >= 11 is 0. The molecule has 0 heterocycles. The Bertz CT molecular complexity index is 183. The molecular formula is C18H44BN3Na. The largest absolute Gasteiger partial charge is 1.00 e. The smallest absolute Gasteiger partial charge is 1.00 e. The van der Waals surface area contributed by atoms with Gasteiger partial charge in [0.25, 0.3) is 0 Å². The van der Waals surface area contributed by atoms with Gasteiger partial charge in [-0.05, 0) is 52.6 Å².